The van der Waals surface area contributed by atoms with Gasteiger partial charge in [0.2, 0.25) is 0 Å². The molecule has 3 nitrogen and oxygen atoms in total. The van der Waals surface area contributed by atoms with Crippen LogP contribution in [0.1, 0.15) is 18.4 Å². The average molecular weight is 205 g/mol. The second-order valence-corrected chi connectivity index (χ2v) is 4.34. The Morgan fingerprint density at radius 3 is 3.13 bits per heavy atom. The quantitative estimate of drug-likeness (QED) is 0.812. The van der Waals surface area contributed by atoms with E-state index in [2.05, 4.69) is 35.2 Å². The van der Waals surface area contributed by atoms with Crippen LogP contribution in [0.4, 0.5) is 5.69 Å². The molecule has 1 aliphatic rings. The number of hydrogen-bond acceptors (Lipinski definition) is 3. The number of nitrogens with zero attached hydrogens (tertiary/aromatic N) is 2. The molecule has 1 fully saturated rings. The van der Waals surface area contributed by atoms with Crippen molar-refractivity contribution >= 4 is 5.69 Å². The van der Waals surface area contributed by atoms with Crippen molar-refractivity contribution in [1.82, 2.24) is 10.3 Å². The SMILES string of the molecule is Cc1ccncc1N(C)C[C@@H]1CCCN1. The summed E-state index contributed by atoms with van der Waals surface area (Å²) >= 11 is 0. The number of likely N-dealkylation sites (N-methyl/N-ethyl adjacent to an activating group) is 1. The third-order valence-corrected chi connectivity index (χ3v) is 3.08. The Labute approximate surface area is 91.5 Å². The molecule has 0 spiro atoms. The maximum absolute atomic E-state index is 4.18. The van der Waals surface area contributed by atoms with Crippen molar-refractivity contribution in [2.45, 2.75) is 25.8 Å². The van der Waals surface area contributed by atoms with Crippen molar-refractivity contribution in [2.75, 3.05) is 25.0 Å². The van der Waals surface area contributed by atoms with E-state index in [1.54, 1.807) is 0 Å². The highest BCUT2D eigenvalue weighted by molar-refractivity contribution is 5.50. The molecule has 82 valence electrons. The number of nitrogens with one attached hydrogen (secondary N) is 1. The number of rotatable bonds is 3. The van der Waals surface area contributed by atoms with Crippen molar-refractivity contribution in [3.63, 3.8) is 0 Å². The highest BCUT2D eigenvalue weighted by Crippen LogP contribution is 2.17. The van der Waals surface area contributed by atoms with E-state index in [1.807, 2.05) is 12.4 Å². The average Bonchev–Trinajstić information content (AvgIpc) is 2.71. The van der Waals surface area contributed by atoms with Crippen LogP contribution in [0.15, 0.2) is 18.5 Å². The molecule has 0 saturated carbocycles. The molecule has 0 radical (unpaired) electrons. The van der Waals surface area contributed by atoms with E-state index in [0.29, 0.717) is 6.04 Å². The molecule has 0 aliphatic carbocycles. The van der Waals surface area contributed by atoms with E-state index >= 15 is 0 Å². The summed E-state index contributed by atoms with van der Waals surface area (Å²) in [6.07, 6.45) is 6.40. The molecule has 1 aromatic heterocycles. The first-order valence-electron chi connectivity index (χ1n) is 5.62. The highest BCUT2D eigenvalue weighted by Gasteiger charge is 2.16. The normalized spacial score (nSPS) is 20.5. The fourth-order valence-electron chi connectivity index (χ4n) is 2.20. The summed E-state index contributed by atoms with van der Waals surface area (Å²) in [4.78, 5) is 6.48. The Morgan fingerprint density at radius 2 is 2.47 bits per heavy atom. The van der Waals surface area contributed by atoms with Gasteiger partial charge < -0.3 is 10.2 Å². The lowest BCUT2D eigenvalue weighted by Crippen LogP contribution is -2.35. The van der Waals surface area contributed by atoms with Crippen LogP contribution >= 0.6 is 0 Å². The minimum absolute atomic E-state index is 0.648. The van der Waals surface area contributed by atoms with Gasteiger partial charge in [-0.3, -0.25) is 4.98 Å². The van der Waals surface area contributed by atoms with Crippen LogP contribution in [0.2, 0.25) is 0 Å². The molecule has 1 saturated heterocycles. The van der Waals surface area contributed by atoms with Crippen LogP contribution in [0.3, 0.4) is 0 Å². The van der Waals surface area contributed by atoms with Crippen molar-refractivity contribution in [3.8, 4) is 0 Å². The Balaban J connectivity index is 2.00. The van der Waals surface area contributed by atoms with Gasteiger partial charge in [0.05, 0.1) is 11.9 Å². The zero-order valence-corrected chi connectivity index (χ0v) is 9.53. The van der Waals surface area contributed by atoms with E-state index < -0.39 is 0 Å². The zero-order chi connectivity index (χ0) is 10.7. The first kappa shape index (κ1) is 10.4. The Hall–Kier alpha value is -1.09. The molecule has 0 unspecified atom stereocenters. The fraction of sp³-hybridized carbons (Fsp3) is 0.583. The van der Waals surface area contributed by atoms with E-state index in [4.69, 9.17) is 0 Å². The molecule has 15 heavy (non-hydrogen) atoms. The lowest BCUT2D eigenvalue weighted by Gasteiger charge is -2.24. The van der Waals surface area contributed by atoms with Gasteiger partial charge >= 0.3 is 0 Å². The largest absolute Gasteiger partial charge is 0.372 e. The number of pyridine rings is 1. The van der Waals surface area contributed by atoms with Crippen LogP contribution in [0.25, 0.3) is 0 Å². The lowest BCUT2D eigenvalue weighted by molar-refractivity contribution is 0.599. The Bertz CT molecular complexity index is 318. The van der Waals surface area contributed by atoms with Gasteiger partial charge in [-0.25, -0.2) is 0 Å². The van der Waals surface area contributed by atoms with E-state index in [9.17, 15) is 0 Å². The summed E-state index contributed by atoms with van der Waals surface area (Å²) in [5, 5.41) is 3.51. The minimum Gasteiger partial charge on any atom is -0.372 e. The highest BCUT2D eigenvalue weighted by atomic mass is 15.1. The predicted octanol–water partition coefficient (Wildman–Crippen LogP) is 1.58. The topological polar surface area (TPSA) is 28.2 Å². The lowest BCUT2D eigenvalue weighted by atomic mass is 10.2. The molecule has 1 aliphatic heterocycles. The molecule has 0 amide bonds. The van der Waals surface area contributed by atoms with Crippen molar-refractivity contribution in [3.05, 3.63) is 24.0 Å². The number of hydrogen-bond donors (Lipinski definition) is 1. The van der Waals surface area contributed by atoms with Gasteiger partial charge in [0.25, 0.3) is 0 Å². The minimum atomic E-state index is 0.648. The van der Waals surface area contributed by atoms with Crippen LogP contribution in [0, 0.1) is 6.92 Å². The summed E-state index contributed by atoms with van der Waals surface area (Å²) in [5.41, 5.74) is 2.54. The van der Waals surface area contributed by atoms with Gasteiger partial charge in [-0.15, -0.1) is 0 Å². The van der Waals surface area contributed by atoms with E-state index in [1.165, 1.54) is 30.6 Å². The summed E-state index contributed by atoms with van der Waals surface area (Å²) in [6.45, 7) is 4.38. The standard InChI is InChI=1S/C12H19N3/c1-10-5-7-13-8-12(10)15(2)9-11-4-3-6-14-11/h5,7-8,11,14H,3-4,6,9H2,1-2H3/t11-/m0/s1. The molecule has 0 bridgehead atoms. The second kappa shape index (κ2) is 4.62. The Morgan fingerprint density at radius 1 is 1.60 bits per heavy atom. The third-order valence-electron chi connectivity index (χ3n) is 3.08. The summed E-state index contributed by atoms with van der Waals surface area (Å²) < 4.78 is 0. The first-order valence-corrected chi connectivity index (χ1v) is 5.62. The van der Waals surface area contributed by atoms with Gasteiger partial charge in [-0.2, -0.15) is 0 Å². The number of anilines is 1. The maximum atomic E-state index is 4.18. The summed E-state index contributed by atoms with van der Waals surface area (Å²) in [6, 6.07) is 2.71. The van der Waals surface area contributed by atoms with Crippen molar-refractivity contribution in [1.29, 1.82) is 0 Å². The van der Waals surface area contributed by atoms with Crippen LogP contribution in [0.5, 0.6) is 0 Å². The molecular formula is C12H19N3. The number of aromatic nitrogens is 1. The molecule has 1 atom stereocenters. The molecule has 0 aromatic carbocycles. The second-order valence-electron chi connectivity index (χ2n) is 4.34. The van der Waals surface area contributed by atoms with Crippen LogP contribution in [-0.2, 0) is 0 Å². The van der Waals surface area contributed by atoms with Crippen molar-refractivity contribution in [2.24, 2.45) is 0 Å². The number of aryl methyl sites for hydroxylation is 1. The summed E-state index contributed by atoms with van der Waals surface area (Å²) in [7, 11) is 2.14. The predicted molar refractivity (Wildman–Crippen MR) is 63.3 cm³/mol. The molecule has 1 N–H and O–H groups in total. The first-order chi connectivity index (χ1) is 7.27. The van der Waals surface area contributed by atoms with Crippen molar-refractivity contribution < 1.29 is 0 Å². The molecule has 2 rings (SSSR count). The van der Waals surface area contributed by atoms with Crippen LogP contribution in [-0.4, -0.2) is 31.2 Å². The summed E-state index contributed by atoms with van der Waals surface area (Å²) in [5.74, 6) is 0. The molecular weight excluding hydrogens is 186 g/mol. The van der Waals surface area contributed by atoms with Gasteiger partial charge in [-0.1, -0.05) is 0 Å². The Kier molecular flexibility index (Phi) is 3.21. The van der Waals surface area contributed by atoms with Gasteiger partial charge in [0.15, 0.2) is 0 Å². The van der Waals surface area contributed by atoms with Crippen LogP contribution < -0.4 is 10.2 Å². The van der Waals surface area contributed by atoms with E-state index in [0.717, 1.165) is 6.54 Å². The third kappa shape index (κ3) is 2.48. The maximum Gasteiger partial charge on any atom is 0.0580 e. The van der Waals surface area contributed by atoms with Gasteiger partial charge in [-0.05, 0) is 37.9 Å². The van der Waals surface area contributed by atoms with Gasteiger partial charge in [0.1, 0.15) is 0 Å². The molecule has 1 aromatic rings. The smallest absolute Gasteiger partial charge is 0.0580 e. The van der Waals surface area contributed by atoms with Gasteiger partial charge in [0, 0.05) is 25.8 Å². The monoisotopic (exact) mass is 205 g/mol. The van der Waals surface area contributed by atoms with E-state index in [-0.39, 0.29) is 0 Å². The fourth-order valence-corrected chi connectivity index (χ4v) is 2.20. The molecule has 2 heterocycles. The molecule has 3 heteroatoms. The zero-order valence-electron chi connectivity index (χ0n) is 9.53.